The zero-order valence-corrected chi connectivity index (χ0v) is 19.9. The van der Waals surface area contributed by atoms with Crippen molar-refractivity contribution < 1.29 is 28.9 Å². The molecule has 182 valence electrons. The van der Waals surface area contributed by atoms with Crippen LogP contribution in [0.15, 0.2) is 97.1 Å². The molecule has 7 nitrogen and oxygen atoms in total. The number of ether oxygens (including phenoxy) is 3. The molecule has 0 saturated carbocycles. The van der Waals surface area contributed by atoms with Crippen LogP contribution in [0.5, 0.6) is 23.0 Å². The van der Waals surface area contributed by atoms with Crippen molar-refractivity contribution in [3.05, 3.63) is 114 Å². The van der Waals surface area contributed by atoms with Crippen molar-refractivity contribution in [2.24, 2.45) is 0 Å². The summed E-state index contributed by atoms with van der Waals surface area (Å²) in [4.78, 5) is 27.3. The number of rotatable bonds is 8. The Kier molecular flexibility index (Phi) is 7.51. The van der Waals surface area contributed by atoms with Crippen LogP contribution >= 0.6 is 0 Å². The van der Waals surface area contributed by atoms with E-state index in [0.29, 0.717) is 28.5 Å². The Morgan fingerprint density at radius 3 is 2.06 bits per heavy atom. The van der Waals surface area contributed by atoms with Crippen LogP contribution in [0, 0.1) is 0 Å². The van der Waals surface area contributed by atoms with E-state index in [4.69, 9.17) is 14.2 Å². The fourth-order valence-corrected chi connectivity index (χ4v) is 3.61. The molecular weight excluding hydrogens is 458 g/mol. The van der Waals surface area contributed by atoms with Gasteiger partial charge in [-0.2, -0.15) is 0 Å². The average molecular weight is 484 g/mol. The highest BCUT2D eigenvalue weighted by molar-refractivity contribution is 6.07. The van der Waals surface area contributed by atoms with E-state index in [-0.39, 0.29) is 23.8 Å². The van der Waals surface area contributed by atoms with Gasteiger partial charge in [-0.15, -0.1) is 0 Å². The molecule has 0 aliphatic rings. The first-order valence-corrected chi connectivity index (χ1v) is 11.2. The molecule has 0 aromatic heterocycles. The molecule has 0 unspecified atom stereocenters. The molecule has 36 heavy (non-hydrogen) atoms. The SMILES string of the molecule is COC(=O)c1cc(N(Cc2ccc(OC)cc2)C(=O)c2ccc(Oc3ccccc3)cc2)ccc1O. The molecule has 0 aliphatic heterocycles. The Labute approximate surface area is 209 Å². The minimum atomic E-state index is -0.700. The van der Waals surface area contributed by atoms with E-state index in [2.05, 4.69) is 0 Å². The van der Waals surface area contributed by atoms with Crippen molar-refractivity contribution in [2.45, 2.75) is 6.54 Å². The fourth-order valence-electron chi connectivity index (χ4n) is 3.61. The van der Waals surface area contributed by atoms with Crippen LogP contribution in [0.4, 0.5) is 5.69 Å². The largest absolute Gasteiger partial charge is 0.507 e. The van der Waals surface area contributed by atoms with Gasteiger partial charge in [-0.25, -0.2) is 4.79 Å². The topological polar surface area (TPSA) is 85.3 Å². The third kappa shape index (κ3) is 5.64. The van der Waals surface area contributed by atoms with Crippen molar-refractivity contribution in [3.63, 3.8) is 0 Å². The number of para-hydroxylation sites is 1. The van der Waals surface area contributed by atoms with Crippen LogP contribution < -0.4 is 14.4 Å². The predicted octanol–water partition coefficient (Wildman–Crippen LogP) is 5.83. The van der Waals surface area contributed by atoms with Crippen LogP contribution in [0.1, 0.15) is 26.3 Å². The first kappa shape index (κ1) is 24.3. The standard InChI is InChI=1S/C29H25NO6/c1-34-23-13-8-20(9-14-23)19-30(22-12-17-27(31)26(18-22)29(33)35-2)28(32)21-10-15-25(16-11-21)36-24-6-4-3-5-7-24/h3-18,31H,19H2,1-2H3. The molecule has 1 N–H and O–H groups in total. The van der Waals surface area contributed by atoms with Gasteiger partial charge in [0.15, 0.2) is 0 Å². The van der Waals surface area contributed by atoms with Crippen molar-refractivity contribution in [2.75, 3.05) is 19.1 Å². The van der Waals surface area contributed by atoms with E-state index in [1.807, 2.05) is 54.6 Å². The number of nitrogens with zero attached hydrogens (tertiary/aromatic N) is 1. The monoisotopic (exact) mass is 483 g/mol. The van der Waals surface area contributed by atoms with Gasteiger partial charge >= 0.3 is 5.97 Å². The Morgan fingerprint density at radius 2 is 1.42 bits per heavy atom. The number of hydrogen-bond donors (Lipinski definition) is 1. The molecule has 0 heterocycles. The summed E-state index contributed by atoms with van der Waals surface area (Å²) in [5.41, 5.74) is 1.67. The maximum atomic E-state index is 13.7. The number of carbonyl (C=O) groups excluding carboxylic acids is 2. The maximum absolute atomic E-state index is 13.7. The van der Waals surface area contributed by atoms with Crippen LogP contribution in [0.3, 0.4) is 0 Å². The van der Waals surface area contributed by atoms with Crippen LogP contribution in [-0.2, 0) is 11.3 Å². The Balaban J connectivity index is 1.65. The van der Waals surface area contributed by atoms with Gasteiger partial charge in [0, 0.05) is 11.3 Å². The van der Waals surface area contributed by atoms with Crippen LogP contribution in [-0.4, -0.2) is 31.2 Å². The van der Waals surface area contributed by atoms with E-state index >= 15 is 0 Å². The summed E-state index contributed by atoms with van der Waals surface area (Å²) in [5, 5.41) is 10.1. The molecular formula is C29H25NO6. The van der Waals surface area contributed by atoms with E-state index < -0.39 is 5.97 Å². The smallest absolute Gasteiger partial charge is 0.341 e. The molecule has 0 saturated heterocycles. The third-order valence-corrected chi connectivity index (χ3v) is 5.52. The lowest BCUT2D eigenvalue weighted by molar-refractivity contribution is 0.0597. The highest BCUT2D eigenvalue weighted by Crippen LogP contribution is 2.29. The molecule has 0 radical (unpaired) electrons. The number of anilines is 1. The van der Waals surface area contributed by atoms with E-state index in [0.717, 1.165) is 5.56 Å². The van der Waals surface area contributed by atoms with Crippen LogP contribution in [0.25, 0.3) is 0 Å². The summed E-state index contributed by atoms with van der Waals surface area (Å²) >= 11 is 0. The summed E-state index contributed by atoms with van der Waals surface area (Å²) in [6, 6.07) is 27.9. The minimum absolute atomic E-state index is 0.0332. The summed E-state index contributed by atoms with van der Waals surface area (Å²) in [6.45, 7) is 0.219. The van der Waals surface area contributed by atoms with Gasteiger partial charge in [-0.3, -0.25) is 4.79 Å². The molecule has 4 rings (SSSR count). The number of amides is 1. The number of aromatic hydroxyl groups is 1. The van der Waals surface area contributed by atoms with Gasteiger partial charge in [-0.1, -0.05) is 30.3 Å². The molecule has 1 amide bonds. The number of methoxy groups -OCH3 is 2. The lowest BCUT2D eigenvalue weighted by atomic mass is 10.1. The Morgan fingerprint density at radius 1 is 0.778 bits per heavy atom. The second-order valence-electron chi connectivity index (χ2n) is 7.87. The molecule has 0 aliphatic carbocycles. The summed E-state index contributed by atoms with van der Waals surface area (Å²) in [7, 11) is 2.81. The number of phenolic OH excluding ortho intramolecular Hbond substituents is 1. The van der Waals surface area contributed by atoms with Gasteiger partial charge in [0.1, 0.15) is 28.6 Å². The molecule has 4 aromatic carbocycles. The zero-order valence-electron chi connectivity index (χ0n) is 19.9. The molecule has 0 atom stereocenters. The maximum Gasteiger partial charge on any atom is 0.341 e. The van der Waals surface area contributed by atoms with Crippen molar-refractivity contribution in [3.8, 4) is 23.0 Å². The van der Waals surface area contributed by atoms with Gasteiger partial charge in [0.2, 0.25) is 0 Å². The summed E-state index contributed by atoms with van der Waals surface area (Å²) in [6.07, 6.45) is 0. The highest BCUT2D eigenvalue weighted by atomic mass is 16.5. The van der Waals surface area contributed by atoms with Crippen molar-refractivity contribution >= 4 is 17.6 Å². The molecule has 7 heteroatoms. The fraction of sp³-hybridized carbons (Fsp3) is 0.103. The quantitative estimate of drug-likeness (QED) is 0.318. The highest BCUT2D eigenvalue weighted by Gasteiger charge is 2.22. The van der Waals surface area contributed by atoms with E-state index in [1.54, 1.807) is 37.4 Å². The molecule has 0 fully saturated rings. The number of phenols is 1. The Hall–Kier alpha value is -4.78. The van der Waals surface area contributed by atoms with Gasteiger partial charge in [-0.05, 0) is 72.3 Å². The number of carbonyl (C=O) groups is 2. The number of hydrogen-bond acceptors (Lipinski definition) is 6. The molecule has 4 aromatic rings. The lowest BCUT2D eigenvalue weighted by Crippen LogP contribution is -2.30. The second-order valence-corrected chi connectivity index (χ2v) is 7.87. The number of esters is 1. The summed E-state index contributed by atoms with van der Waals surface area (Å²) in [5.74, 6) is 0.759. The van der Waals surface area contributed by atoms with Crippen molar-refractivity contribution in [1.82, 2.24) is 0 Å². The van der Waals surface area contributed by atoms with Gasteiger partial charge in [0.25, 0.3) is 5.91 Å². The first-order chi connectivity index (χ1) is 17.5. The van der Waals surface area contributed by atoms with Gasteiger partial charge in [0.05, 0.1) is 20.8 Å². The third-order valence-electron chi connectivity index (χ3n) is 5.52. The van der Waals surface area contributed by atoms with E-state index in [9.17, 15) is 14.7 Å². The summed E-state index contributed by atoms with van der Waals surface area (Å²) < 4.78 is 15.8. The minimum Gasteiger partial charge on any atom is -0.507 e. The number of benzene rings is 4. The van der Waals surface area contributed by atoms with Crippen molar-refractivity contribution in [1.29, 1.82) is 0 Å². The van der Waals surface area contributed by atoms with Gasteiger partial charge < -0.3 is 24.2 Å². The molecule has 0 bridgehead atoms. The lowest BCUT2D eigenvalue weighted by Gasteiger charge is -2.24. The van der Waals surface area contributed by atoms with E-state index in [1.165, 1.54) is 24.1 Å². The first-order valence-electron chi connectivity index (χ1n) is 11.2. The van der Waals surface area contributed by atoms with Crippen LogP contribution in [0.2, 0.25) is 0 Å². The molecule has 0 spiro atoms. The zero-order chi connectivity index (χ0) is 25.5. The predicted molar refractivity (Wildman–Crippen MR) is 136 cm³/mol. The second kappa shape index (κ2) is 11.1. The normalized spacial score (nSPS) is 10.4. The Bertz CT molecular complexity index is 1330. The average Bonchev–Trinajstić information content (AvgIpc) is 2.92.